The van der Waals surface area contributed by atoms with Crippen LogP contribution < -0.4 is 10.4 Å². The van der Waals surface area contributed by atoms with Crippen molar-refractivity contribution in [1.29, 1.82) is 0 Å². The summed E-state index contributed by atoms with van der Waals surface area (Å²) in [4.78, 5) is 22.6. The van der Waals surface area contributed by atoms with E-state index in [-0.39, 0.29) is 0 Å². The van der Waals surface area contributed by atoms with E-state index in [0.29, 0.717) is 5.69 Å². The monoisotopic (exact) mass is 252 g/mol. The Morgan fingerprint density at radius 1 is 1.33 bits per heavy atom. The van der Waals surface area contributed by atoms with E-state index in [1.54, 1.807) is 24.3 Å². The summed E-state index contributed by atoms with van der Waals surface area (Å²) >= 11 is 0. The lowest BCUT2D eigenvalue weighted by atomic mass is 10.1. The molecule has 1 aliphatic rings. The third-order valence-corrected chi connectivity index (χ3v) is 2.72. The Morgan fingerprint density at radius 3 is 2.33 bits per heavy atom. The van der Waals surface area contributed by atoms with Gasteiger partial charge >= 0.3 is 11.9 Å². The lowest BCUT2D eigenvalue weighted by Gasteiger charge is -2.16. The van der Waals surface area contributed by atoms with Crippen LogP contribution in [0.15, 0.2) is 24.3 Å². The van der Waals surface area contributed by atoms with Gasteiger partial charge in [0, 0.05) is 0 Å². The number of nitrogens with one attached hydrogen (secondary N) is 1. The number of carbonyl (C=O) groups is 2. The van der Waals surface area contributed by atoms with Crippen molar-refractivity contribution in [2.75, 3.05) is 5.01 Å². The van der Waals surface area contributed by atoms with Crippen LogP contribution in [-0.4, -0.2) is 39.0 Å². The molecule has 4 N–H and O–H groups in total. The second-order valence-electron chi connectivity index (χ2n) is 4.10. The number of amides is 1. The molecule has 1 atom stereocenters. The van der Waals surface area contributed by atoms with Crippen LogP contribution in [0.25, 0.3) is 0 Å². The number of hydrazine groups is 1. The third-order valence-electron chi connectivity index (χ3n) is 2.72. The van der Waals surface area contributed by atoms with Gasteiger partial charge in [-0.05, 0) is 19.1 Å². The molecule has 7 heteroatoms. The highest BCUT2D eigenvalue weighted by atomic mass is 16.5. The molecule has 0 saturated carbocycles. The summed E-state index contributed by atoms with van der Waals surface area (Å²) in [5.41, 5.74) is 3.54. The zero-order valence-electron chi connectivity index (χ0n) is 9.49. The first-order valence-corrected chi connectivity index (χ1v) is 5.19. The SMILES string of the molecule is Cc1ccc(N2NC(C(=O)O)C(O)(O)C2=O)cc1. The number of aliphatic carboxylic acids is 1. The molecule has 1 aromatic rings. The molecule has 1 saturated heterocycles. The van der Waals surface area contributed by atoms with Gasteiger partial charge in [-0.25, -0.2) is 10.4 Å². The van der Waals surface area contributed by atoms with Gasteiger partial charge in [-0.15, -0.1) is 0 Å². The van der Waals surface area contributed by atoms with Gasteiger partial charge in [-0.1, -0.05) is 17.7 Å². The van der Waals surface area contributed by atoms with Crippen LogP contribution >= 0.6 is 0 Å². The van der Waals surface area contributed by atoms with Gasteiger partial charge in [0.15, 0.2) is 6.04 Å². The highest BCUT2D eigenvalue weighted by Crippen LogP contribution is 2.24. The van der Waals surface area contributed by atoms with Crippen LogP contribution in [-0.2, 0) is 9.59 Å². The van der Waals surface area contributed by atoms with Gasteiger partial charge in [0.1, 0.15) is 0 Å². The van der Waals surface area contributed by atoms with E-state index in [9.17, 15) is 19.8 Å². The molecule has 0 aliphatic carbocycles. The Morgan fingerprint density at radius 2 is 1.89 bits per heavy atom. The van der Waals surface area contributed by atoms with Crippen LogP contribution in [0.2, 0.25) is 0 Å². The number of hydrogen-bond acceptors (Lipinski definition) is 5. The van der Waals surface area contributed by atoms with E-state index >= 15 is 0 Å². The molecule has 2 rings (SSSR count). The van der Waals surface area contributed by atoms with Crippen LogP contribution in [0.4, 0.5) is 5.69 Å². The third kappa shape index (κ3) is 1.84. The van der Waals surface area contributed by atoms with E-state index in [2.05, 4.69) is 5.43 Å². The van der Waals surface area contributed by atoms with E-state index in [1.165, 1.54) is 0 Å². The second-order valence-corrected chi connectivity index (χ2v) is 4.10. The van der Waals surface area contributed by atoms with E-state index in [4.69, 9.17) is 5.11 Å². The highest BCUT2D eigenvalue weighted by molar-refractivity contribution is 6.04. The van der Waals surface area contributed by atoms with E-state index in [0.717, 1.165) is 10.6 Å². The molecule has 0 aromatic heterocycles. The molecule has 1 fully saturated rings. The number of aliphatic hydroxyl groups is 2. The zero-order valence-corrected chi connectivity index (χ0v) is 9.49. The molecular weight excluding hydrogens is 240 g/mol. The first-order chi connectivity index (χ1) is 8.34. The van der Waals surface area contributed by atoms with Crippen LogP contribution in [0, 0.1) is 6.92 Å². The number of carbonyl (C=O) groups excluding carboxylic acids is 1. The predicted octanol–water partition coefficient (Wildman–Crippen LogP) is -1.02. The van der Waals surface area contributed by atoms with Crippen molar-refractivity contribution in [3.05, 3.63) is 29.8 Å². The number of carboxylic acids is 1. The average Bonchev–Trinajstić information content (AvgIpc) is 2.53. The molecule has 1 heterocycles. The van der Waals surface area contributed by atoms with Crippen molar-refractivity contribution >= 4 is 17.6 Å². The number of benzene rings is 1. The minimum Gasteiger partial charge on any atom is -0.480 e. The lowest BCUT2D eigenvalue weighted by molar-refractivity contribution is -0.189. The van der Waals surface area contributed by atoms with Crippen molar-refractivity contribution < 1.29 is 24.9 Å². The first-order valence-electron chi connectivity index (χ1n) is 5.19. The van der Waals surface area contributed by atoms with Crippen molar-refractivity contribution in [1.82, 2.24) is 5.43 Å². The summed E-state index contributed by atoms with van der Waals surface area (Å²) in [5.74, 6) is -5.61. The van der Waals surface area contributed by atoms with Gasteiger partial charge in [0.2, 0.25) is 0 Å². The van der Waals surface area contributed by atoms with Crippen molar-refractivity contribution in [3.8, 4) is 0 Å². The molecule has 96 valence electrons. The Kier molecular flexibility index (Phi) is 2.81. The van der Waals surface area contributed by atoms with Crippen LogP contribution in [0.5, 0.6) is 0 Å². The molecule has 1 aromatic carbocycles. The molecule has 0 bridgehead atoms. The fraction of sp³-hybridized carbons (Fsp3) is 0.273. The highest BCUT2D eigenvalue weighted by Gasteiger charge is 2.56. The fourth-order valence-corrected chi connectivity index (χ4v) is 1.68. The maximum atomic E-state index is 11.7. The van der Waals surface area contributed by atoms with Gasteiger partial charge in [-0.3, -0.25) is 9.59 Å². The molecule has 1 aliphatic heterocycles. The molecule has 1 unspecified atom stereocenters. The Balaban J connectivity index is 2.35. The number of nitrogens with zero attached hydrogens (tertiary/aromatic N) is 1. The van der Waals surface area contributed by atoms with Gasteiger partial charge < -0.3 is 15.3 Å². The van der Waals surface area contributed by atoms with Crippen molar-refractivity contribution in [3.63, 3.8) is 0 Å². The van der Waals surface area contributed by atoms with Crippen molar-refractivity contribution in [2.45, 2.75) is 18.8 Å². The fourth-order valence-electron chi connectivity index (χ4n) is 1.68. The van der Waals surface area contributed by atoms with Crippen LogP contribution in [0.3, 0.4) is 0 Å². The standard InChI is InChI=1S/C11H12N2O5/c1-6-2-4-7(5-3-6)13-10(16)11(17,18)8(12-13)9(14)15/h2-5,8,12,17-18H,1H3,(H,14,15). The minimum atomic E-state index is -2.96. The van der Waals surface area contributed by atoms with Gasteiger partial charge in [0.25, 0.3) is 5.79 Å². The molecule has 0 spiro atoms. The Bertz CT molecular complexity index is 497. The van der Waals surface area contributed by atoms with Gasteiger partial charge in [0.05, 0.1) is 5.69 Å². The quantitative estimate of drug-likeness (QED) is 0.501. The van der Waals surface area contributed by atoms with Crippen LogP contribution in [0.1, 0.15) is 5.56 Å². The summed E-state index contributed by atoms with van der Waals surface area (Å²) in [6.45, 7) is 1.85. The normalized spacial score (nSPS) is 22.3. The summed E-state index contributed by atoms with van der Waals surface area (Å²) in [5, 5.41) is 28.6. The summed E-state index contributed by atoms with van der Waals surface area (Å²) in [6.07, 6.45) is 0. The molecule has 7 nitrogen and oxygen atoms in total. The molecule has 0 radical (unpaired) electrons. The molecular formula is C11H12N2O5. The average molecular weight is 252 g/mol. The first kappa shape index (κ1) is 12.5. The summed E-state index contributed by atoms with van der Waals surface area (Å²) < 4.78 is 0. The molecule has 18 heavy (non-hydrogen) atoms. The van der Waals surface area contributed by atoms with E-state index in [1.807, 2.05) is 6.92 Å². The number of carboxylic acid groups (broad SMARTS) is 1. The minimum absolute atomic E-state index is 0.335. The molecule has 1 amide bonds. The number of anilines is 1. The maximum Gasteiger partial charge on any atom is 0.328 e. The number of hydrogen-bond donors (Lipinski definition) is 4. The zero-order chi connectivity index (χ0) is 13.5. The largest absolute Gasteiger partial charge is 0.480 e. The maximum absolute atomic E-state index is 11.7. The van der Waals surface area contributed by atoms with Crippen molar-refractivity contribution in [2.24, 2.45) is 0 Å². The number of rotatable bonds is 2. The lowest BCUT2D eigenvalue weighted by Crippen LogP contribution is -2.51. The summed E-state index contributed by atoms with van der Waals surface area (Å²) in [6, 6.07) is 4.77. The second kappa shape index (κ2) is 4.05. The Labute approximate surface area is 102 Å². The summed E-state index contributed by atoms with van der Waals surface area (Å²) in [7, 11) is 0. The number of aryl methyl sites for hydroxylation is 1. The smallest absolute Gasteiger partial charge is 0.328 e. The Hall–Kier alpha value is -1.96. The predicted molar refractivity (Wildman–Crippen MR) is 60.4 cm³/mol. The van der Waals surface area contributed by atoms with Gasteiger partial charge in [-0.2, -0.15) is 0 Å². The van der Waals surface area contributed by atoms with E-state index < -0.39 is 23.7 Å². The topological polar surface area (TPSA) is 110 Å².